The molecular formula is C16H22N2O3. The fourth-order valence-corrected chi connectivity index (χ4v) is 3.26. The van der Waals surface area contributed by atoms with Crippen LogP contribution in [0.5, 0.6) is 5.75 Å². The Kier molecular flexibility index (Phi) is 3.74. The van der Waals surface area contributed by atoms with Crippen molar-refractivity contribution < 1.29 is 9.90 Å². The van der Waals surface area contributed by atoms with Crippen LogP contribution in [-0.2, 0) is 0 Å². The molecule has 2 aliphatic rings. The monoisotopic (exact) mass is 290 g/mol. The summed E-state index contributed by atoms with van der Waals surface area (Å²) in [6.45, 7) is 1.82. The van der Waals surface area contributed by atoms with Crippen LogP contribution in [0.4, 0.5) is 0 Å². The van der Waals surface area contributed by atoms with Crippen molar-refractivity contribution in [3.05, 3.63) is 27.7 Å². The molecule has 2 saturated carbocycles. The Labute approximate surface area is 124 Å². The molecule has 5 heteroatoms. The van der Waals surface area contributed by atoms with Crippen LogP contribution < -0.4 is 10.7 Å². The predicted octanol–water partition coefficient (Wildman–Crippen LogP) is 2.26. The van der Waals surface area contributed by atoms with E-state index >= 15 is 0 Å². The lowest BCUT2D eigenvalue weighted by Crippen LogP contribution is -2.38. The number of amides is 1. The van der Waals surface area contributed by atoms with Crippen molar-refractivity contribution >= 4 is 5.91 Å². The van der Waals surface area contributed by atoms with Gasteiger partial charge in [0, 0.05) is 23.8 Å². The van der Waals surface area contributed by atoms with Crippen LogP contribution in [0.25, 0.3) is 0 Å². The topological polar surface area (TPSA) is 71.3 Å². The van der Waals surface area contributed by atoms with Gasteiger partial charge in [0.1, 0.15) is 0 Å². The van der Waals surface area contributed by atoms with Gasteiger partial charge in [-0.3, -0.25) is 9.59 Å². The van der Waals surface area contributed by atoms with Crippen LogP contribution in [0, 0.1) is 6.92 Å². The lowest BCUT2D eigenvalue weighted by Gasteiger charge is -2.24. The maximum absolute atomic E-state index is 12.6. The standard InChI is InChI=1S/C16H22N2O3/c1-10-9-13(19)15(20)14(18(10)12-7-8-12)16(21)17-11-5-3-2-4-6-11/h9,11-12,20H,2-8H2,1H3,(H,17,21). The smallest absolute Gasteiger partial charge is 0.272 e. The van der Waals surface area contributed by atoms with Gasteiger partial charge in [0.25, 0.3) is 5.91 Å². The Hall–Kier alpha value is -1.78. The van der Waals surface area contributed by atoms with Crippen LogP contribution in [0.15, 0.2) is 10.9 Å². The van der Waals surface area contributed by atoms with Crippen molar-refractivity contribution in [2.45, 2.75) is 64.0 Å². The maximum atomic E-state index is 12.6. The second-order valence-electron chi connectivity index (χ2n) is 6.26. The van der Waals surface area contributed by atoms with E-state index in [1.165, 1.54) is 12.5 Å². The molecule has 0 spiro atoms. The van der Waals surface area contributed by atoms with Crippen LogP contribution in [0.1, 0.15) is 67.2 Å². The molecule has 1 aromatic heterocycles. The summed E-state index contributed by atoms with van der Waals surface area (Å²) >= 11 is 0. The first-order valence-electron chi connectivity index (χ1n) is 7.84. The Bertz CT molecular complexity index is 611. The molecule has 0 bridgehead atoms. The minimum absolute atomic E-state index is 0.146. The van der Waals surface area contributed by atoms with Crippen LogP contribution >= 0.6 is 0 Å². The molecule has 5 nitrogen and oxygen atoms in total. The van der Waals surface area contributed by atoms with E-state index in [2.05, 4.69) is 5.32 Å². The van der Waals surface area contributed by atoms with E-state index in [0.29, 0.717) is 0 Å². The Morgan fingerprint density at radius 3 is 2.52 bits per heavy atom. The third-order valence-electron chi connectivity index (χ3n) is 4.49. The van der Waals surface area contributed by atoms with Gasteiger partial charge in [0.15, 0.2) is 11.4 Å². The van der Waals surface area contributed by atoms with Crippen molar-refractivity contribution in [2.75, 3.05) is 0 Å². The summed E-state index contributed by atoms with van der Waals surface area (Å²) in [7, 11) is 0. The van der Waals surface area contributed by atoms with E-state index < -0.39 is 11.2 Å². The predicted molar refractivity (Wildman–Crippen MR) is 79.7 cm³/mol. The molecule has 0 aliphatic heterocycles. The highest BCUT2D eigenvalue weighted by Crippen LogP contribution is 2.38. The fourth-order valence-electron chi connectivity index (χ4n) is 3.26. The highest BCUT2D eigenvalue weighted by atomic mass is 16.3. The third kappa shape index (κ3) is 2.82. The summed E-state index contributed by atoms with van der Waals surface area (Å²) < 4.78 is 1.83. The zero-order chi connectivity index (χ0) is 15.0. The van der Waals surface area contributed by atoms with Crippen LogP contribution in [0.3, 0.4) is 0 Å². The lowest BCUT2D eigenvalue weighted by atomic mass is 9.95. The molecule has 1 heterocycles. The normalized spacial score (nSPS) is 19.5. The maximum Gasteiger partial charge on any atom is 0.272 e. The zero-order valence-electron chi connectivity index (χ0n) is 12.4. The molecule has 3 rings (SSSR count). The molecular weight excluding hydrogens is 268 g/mol. The van der Waals surface area contributed by atoms with Gasteiger partial charge in [0.2, 0.25) is 5.43 Å². The van der Waals surface area contributed by atoms with E-state index in [1.807, 2.05) is 11.5 Å². The quantitative estimate of drug-likeness (QED) is 0.897. The Morgan fingerprint density at radius 1 is 1.24 bits per heavy atom. The first-order valence-corrected chi connectivity index (χ1v) is 7.84. The minimum Gasteiger partial charge on any atom is -0.503 e. The van der Waals surface area contributed by atoms with Crippen molar-refractivity contribution in [1.29, 1.82) is 0 Å². The van der Waals surface area contributed by atoms with Crippen LogP contribution in [0.2, 0.25) is 0 Å². The summed E-state index contributed by atoms with van der Waals surface area (Å²) in [4.78, 5) is 24.4. The fraction of sp³-hybridized carbons (Fsp3) is 0.625. The summed E-state index contributed by atoms with van der Waals surface area (Å²) in [5.74, 6) is -0.729. The summed E-state index contributed by atoms with van der Waals surface area (Å²) in [6.07, 6.45) is 7.41. The number of carbonyl (C=O) groups excluding carboxylic acids is 1. The molecule has 114 valence electrons. The van der Waals surface area contributed by atoms with Crippen molar-refractivity contribution in [3.63, 3.8) is 0 Å². The lowest BCUT2D eigenvalue weighted by molar-refractivity contribution is 0.0913. The SMILES string of the molecule is Cc1cc(=O)c(O)c(C(=O)NC2CCCCC2)n1C1CC1. The van der Waals surface area contributed by atoms with Crippen molar-refractivity contribution in [2.24, 2.45) is 0 Å². The Morgan fingerprint density at radius 2 is 1.90 bits per heavy atom. The first-order chi connectivity index (χ1) is 10.1. The van der Waals surface area contributed by atoms with Gasteiger partial charge in [-0.1, -0.05) is 19.3 Å². The second kappa shape index (κ2) is 5.54. The number of nitrogens with zero attached hydrogens (tertiary/aromatic N) is 1. The summed E-state index contributed by atoms with van der Waals surface area (Å²) in [6, 6.07) is 1.81. The van der Waals surface area contributed by atoms with Crippen molar-refractivity contribution in [1.82, 2.24) is 9.88 Å². The molecule has 0 saturated heterocycles. The Balaban J connectivity index is 1.92. The first kappa shape index (κ1) is 14.2. The third-order valence-corrected chi connectivity index (χ3v) is 4.49. The molecule has 0 radical (unpaired) electrons. The van der Waals surface area contributed by atoms with E-state index in [9.17, 15) is 14.7 Å². The number of aromatic hydroxyl groups is 1. The largest absolute Gasteiger partial charge is 0.503 e. The molecule has 0 aromatic carbocycles. The van der Waals surface area contributed by atoms with Gasteiger partial charge in [0.05, 0.1) is 0 Å². The van der Waals surface area contributed by atoms with E-state index in [1.54, 1.807) is 0 Å². The van der Waals surface area contributed by atoms with Crippen molar-refractivity contribution in [3.8, 4) is 5.75 Å². The molecule has 0 unspecified atom stereocenters. The van der Waals surface area contributed by atoms with Crippen LogP contribution in [-0.4, -0.2) is 21.6 Å². The summed E-state index contributed by atoms with van der Waals surface area (Å²) in [5.41, 5.74) is 0.417. The molecule has 1 amide bonds. The number of carbonyl (C=O) groups is 1. The number of nitrogens with one attached hydrogen (secondary N) is 1. The van der Waals surface area contributed by atoms with Gasteiger partial charge >= 0.3 is 0 Å². The highest BCUT2D eigenvalue weighted by molar-refractivity contribution is 5.95. The number of aromatic nitrogens is 1. The zero-order valence-corrected chi connectivity index (χ0v) is 12.4. The molecule has 21 heavy (non-hydrogen) atoms. The number of rotatable bonds is 3. The van der Waals surface area contributed by atoms with Gasteiger partial charge in [-0.15, -0.1) is 0 Å². The summed E-state index contributed by atoms with van der Waals surface area (Å²) in [5, 5.41) is 13.1. The number of hydrogen-bond acceptors (Lipinski definition) is 3. The second-order valence-corrected chi connectivity index (χ2v) is 6.26. The average Bonchev–Trinajstić information content (AvgIpc) is 3.28. The van der Waals surface area contributed by atoms with Gasteiger partial charge < -0.3 is 15.0 Å². The molecule has 0 atom stereocenters. The number of pyridine rings is 1. The van der Waals surface area contributed by atoms with Gasteiger partial charge in [-0.25, -0.2) is 0 Å². The molecule has 2 N–H and O–H groups in total. The molecule has 2 fully saturated rings. The average molecular weight is 290 g/mol. The highest BCUT2D eigenvalue weighted by Gasteiger charge is 2.31. The minimum atomic E-state index is -0.474. The number of aryl methyl sites for hydroxylation is 1. The molecule has 2 aliphatic carbocycles. The van der Waals surface area contributed by atoms with E-state index in [0.717, 1.165) is 44.2 Å². The molecule has 1 aromatic rings. The van der Waals surface area contributed by atoms with Gasteiger partial charge in [-0.05, 0) is 32.6 Å². The van der Waals surface area contributed by atoms with Gasteiger partial charge in [-0.2, -0.15) is 0 Å². The number of hydrogen-bond donors (Lipinski definition) is 2. The van der Waals surface area contributed by atoms with E-state index in [-0.39, 0.29) is 23.7 Å². The van der Waals surface area contributed by atoms with E-state index in [4.69, 9.17) is 0 Å².